The standard InChI is InChI=1S/C14H13NO2/c16-14(17)11-7-10(8-11)13-6-5-9-3-1-2-4-12(9)15-13/h1-6,10-11H,7-8H2,(H,16,17). The zero-order chi connectivity index (χ0) is 11.8. The van der Waals surface area contributed by atoms with Gasteiger partial charge in [-0.05, 0) is 25.0 Å². The molecule has 1 aromatic carbocycles. The van der Waals surface area contributed by atoms with Gasteiger partial charge in [-0.1, -0.05) is 24.3 Å². The van der Waals surface area contributed by atoms with Gasteiger partial charge in [-0.15, -0.1) is 0 Å². The van der Waals surface area contributed by atoms with Gasteiger partial charge in [-0.25, -0.2) is 0 Å². The summed E-state index contributed by atoms with van der Waals surface area (Å²) < 4.78 is 0. The molecule has 2 aromatic rings. The largest absolute Gasteiger partial charge is 0.481 e. The fourth-order valence-corrected chi connectivity index (χ4v) is 2.37. The summed E-state index contributed by atoms with van der Waals surface area (Å²) in [5.41, 5.74) is 2.02. The molecule has 1 aliphatic rings. The Labute approximate surface area is 99.1 Å². The zero-order valence-corrected chi connectivity index (χ0v) is 9.34. The van der Waals surface area contributed by atoms with E-state index < -0.39 is 5.97 Å². The van der Waals surface area contributed by atoms with Gasteiger partial charge in [-0.2, -0.15) is 0 Å². The minimum atomic E-state index is -0.679. The zero-order valence-electron chi connectivity index (χ0n) is 9.34. The summed E-state index contributed by atoms with van der Waals surface area (Å²) in [6.45, 7) is 0. The maximum absolute atomic E-state index is 10.8. The van der Waals surface area contributed by atoms with Crippen LogP contribution in [0.15, 0.2) is 36.4 Å². The van der Waals surface area contributed by atoms with E-state index in [9.17, 15) is 4.79 Å². The maximum Gasteiger partial charge on any atom is 0.306 e. The van der Waals surface area contributed by atoms with Gasteiger partial charge < -0.3 is 5.11 Å². The molecule has 0 spiro atoms. The van der Waals surface area contributed by atoms with Crippen LogP contribution in [0.2, 0.25) is 0 Å². The van der Waals surface area contributed by atoms with E-state index in [4.69, 9.17) is 5.11 Å². The van der Waals surface area contributed by atoms with E-state index in [-0.39, 0.29) is 5.92 Å². The molecule has 0 atom stereocenters. The summed E-state index contributed by atoms with van der Waals surface area (Å²) in [7, 11) is 0. The van der Waals surface area contributed by atoms with Crippen molar-refractivity contribution < 1.29 is 9.90 Å². The van der Waals surface area contributed by atoms with Crippen LogP contribution in [0.4, 0.5) is 0 Å². The Morgan fingerprint density at radius 2 is 1.94 bits per heavy atom. The van der Waals surface area contributed by atoms with Crippen molar-refractivity contribution in [3.63, 3.8) is 0 Å². The van der Waals surface area contributed by atoms with Crippen LogP contribution in [-0.2, 0) is 4.79 Å². The average Bonchev–Trinajstić information content (AvgIpc) is 2.26. The van der Waals surface area contributed by atoms with E-state index in [1.807, 2.05) is 30.3 Å². The fourth-order valence-electron chi connectivity index (χ4n) is 2.37. The molecule has 1 aliphatic carbocycles. The predicted octanol–water partition coefficient (Wildman–Crippen LogP) is 2.81. The molecular formula is C14H13NO2. The number of carboxylic acids is 1. The third-order valence-corrected chi connectivity index (χ3v) is 3.53. The molecule has 3 heteroatoms. The Hall–Kier alpha value is -1.90. The van der Waals surface area contributed by atoms with Crippen molar-refractivity contribution in [2.24, 2.45) is 5.92 Å². The first-order valence-electron chi connectivity index (χ1n) is 5.82. The van der Waals surface area contributed by atoms with E-state index in [1.165, 1.54) is 0 Å². The Kier molecular flexibility index (Phi) is 2.32. The number of para-hydroxylation sites is 1. The number of hydrogen-bond acceptors (Lipinski definition) is 2. The monoisotopic (exact) mass is 227 g/mol. The van der Waals surface area contributed by atoms with Crippen LogP contribution in [0, 0.1) is 5.92 Å². The molecule has 1 aromatic heterocycles. The molecule has 0 radical (unpaired) electrons. The second kappa shape index (κ2) is 3.84. The SMILES string of the molecule is O=C(O)C1CC(c2ccc3ccccc3n2)C1. The highest BCUT2D eigenvalue weighted by Crippen LogP contribution is 2.41. The van der Waals surface area contributed by atoms with Crippen LogP contribution in [0.1, 0.15) is 24.5 Å². The Balaban J connectivity index is 1.85. The maximum atomic E-state index is 10.8. The van der Waals surface area contributed by atoms with Crippen LogP contribution < -0.4 is 0 Å². The summed E-state index contributed by atoms with van der Waals surface area (Å²) >= 11 is 0. The average molecular weight is 227 g/mol. The van der Waals surface area contributed by atoms with Gasteiger partial charge >= 0.3 is 5.97 Å². The lowest BCUT2D eigenvalue weighted by atomic mass is 9.73. The van der Waals surface area contributed by atoms with Gasteiger partial charge in [0.05, 0.1) is 11.4 Å². The number of hydrogen-bond donors (Lipinski definition) is 1. The van der Waals surface area contributed by atoms with Crippen LogP contribution >= 0.6 is 0 Å². The van der Waals surface area contributed by atoms with Crippen LogP contribution in [0.25, 0.3) is 10.9 Å². The number of carbonyl (C=O) groups is 1. The minimum absolute atomic E-state index is 0.173. The molecule has 0 amide bonds. The molecule has 0 bridgehead atoms. The number of rotatable bonds is 2. The third-order valence-electron chi connectivity index (χ3n) is 3.53. The first-order chi connectivity index (χ1) is 8.24. The number of aliphatic carboxylic acids is 1. The van der Waals surface area contributed by atoms with Gasteiger partial charge in [0, 0.05) is 17.0 Å². The molecule has 1 N–H and O–H groups in total. The minimum Gasteiger partial charge on any atom is -0.481 e. The van der Waals surface area contributed by atoms with E-state index >= 15 is 0 Å². The Bertz CT molecular complexity index is 573. The summed E-state index contributed by atoms with van der Waals surface area (Å²) in [6, 6.07) is 12.1. The highest BCUT2D eigenvalue weighted by atomic mass is 16.4. The fraction of sp³-hybridized carbons (Fsp3) is 0.286. The second-order valence-electron chi connectivity index (χ2n) is 4.63. The Morgan fingerprint density at radius 3 is 2.71 bits per heavy atom. The first kappa shape index (κ1) is 10.3. The number of nitrogens with zero attached hydrogens (tertiary/aromatic N) is 1. The molecule has 0 unspecified atom stereocenters. The molecule has 86 valence electrons. The number of pyridine rings is 1. The van der Waals surface area contributed by atoms with E-state index in [2.05, 4.69) is 11.1 Å². The highest BCUT2D eigenvalue weighted by molar-refractivity contribution is 5.78. The van der Waals surface area contributed by atoms with E-state index in [1.54, 1.807) is 0 Å². The number of benzene rings is 1. The summed E-state index contributed by atoms with van der Waals surface area (Å²) in [4.78, 5) is 15.3. The number of fused-ring (bicyclic) bond motifs is 1. The smallest absolute Gasteiger partial charge is 0.306 e. The summed E-state index contributed by atoms with van der Waals surface area (Å²) in [6.07, 6.45) is 1.45. The lowest BCUT2D eigenvalue weighted by Gasteiger charge is -2.31. The van der Waals surface area contributed by atoms with Crippen molar-refractivity contribution in [2.45, 2.75) is 18.8 Å². The summed E-state index contributed by atoms with van der Waals surface area (Å²) in [5, 5.41) is 9.98. The van der Waals surface area contributed by atoms with Crippen LogP contribution in [0.5, 0.6) is 0 Å². The van der Waals surface area contributed by atoms with Crippen LogP contribution in [-0.4, -0.2) is 16.1 Å². The van der Waals surface area contributed by atoms with E-state index in [0.29, 0.717) is 5.92 Å². The van der Waals surface area contributed by atoms with Crippen molar-refractivity contribution in [2.75, 3.05) is 0 Å². The molecule has 1 heterocycles. The third kappa shape index (κ3) is 1.78. The molecule has 0 aliphatic heterocycles. The van der Waals surface area contributed by atoms with Crippen molar-refractivity contribution >= 4 is 16.9 Å². The lowest BCUT2D eigenvalue weighted by Crippen LogP contribution is -2.29. The molecular weight excluding hydrogens is 214 g/mol. The van der Waals surface area contributed by atoms with Gasteiger partial charge in [0.15, 0.2) is 0 Å². The van der Waals surface area contributed by atoms with E-state index in [0.717, 1.165) is 29.4 Å². The molecule has 1 fully saturated rings. The molecule has 1 saturated carbocycles. The van der Waals surface area contributed by atoms with Gasteiger partial charge in [-0.3, -0.25) is 9.78 Å². The number of aromatic nitrogens is 1. The van der Waals surface area contributed by atoms with Crippen molar-refractivity contribution in [3.05, 3.63) is 42.1 Å². The molecule has 0 saturated heterocycles. The van der Waals surface area contributed by atoms with Crippen molar-refractivity contribution in [1.29, 1.82) is 0 Å². The molecule has 17 heavy (non-hydrogen) atoms. The van der Waals surface area contributed by atoms with Gasteiger partial charge in [0.25, 0.3) is 0 Å². The quantitative estimate of drug-likeness (QED) is 0.858. The topological polar surface area (TPSA) is 50.2 Å². The predicted molar refractivity (Wildman–Crippen MR) is 64.8 cm³/mol. The normalized spacial score (nSPS) is 23.3. The highest BCUT2D eigenvalue weighted by Gasteiger charge is 2.35. The van der Waals surface area contributed by atoms with Gasteiger partial charge in [0.2, 0.25) is 0 Å². The Morgan fingerprint density at radius 1 is 1.18 bits per heavy atom. The van der Waals surface area contributed by atoms with Crippen LogP contribution in [0.3, 0.4) is 0 Å². The van der Waals surface area contributed by atoms with Crippen molar-refractivity contribution in [3.8, 4) is 0 Å². The van der Waals surface area contributed by atoms with Crippen molar-refractivity contribution in [1.82, 2.24) is 4.98 Å². The molecule has 3 rings (SSSR count). The molecule has 3 nitrogen and oxygen atoms in total. The summed E-state index contributed by atoms with van der Waals surface area (Å²) in [5.74, 6) is -0.531. The first-order valence-corrected chi connectivity index (χ1v) is 5.82. The second-order valence-corrected chi connectivity index (χ2v) is 4.63. The number of carboxylic acid groups (broad SMARTS) is 1. The lowest BCUT2D eigenvalue weighted by molar-refractivity contribution is -0.145. The van der Waals surface area contributed by atoms with Gasteiger partial charge in [0.1, 0.15) is 0 Å².